The van der Waals surface area contributed by atoms with E-state index >= 15 is 0 Å². The van der Waals surface area contributed by atoms with E-state index in [4.69, 9.17) is 0 Å². The van der Waals surface area contributed by atoms with E-state index in [0.29, 0.717) is 30.0 Å². The number of nitrogens with one attached hydrogen (secondary N) is 1. The summed E-state index contributed by atoms with van der Waals surface area (Å²) in [6.45, 7) is 6.45. The minimum atomic E-state index is -4.97. The zero-order valence-corrected chi connectivity index (χ0v) is 17.4. The van der Waals surface area contributed by atoms with Crippen molar-refractivity contribution in [3.63, 3.8) is 0 Å². The largest absolute Gasteiger partial charge is 0.416 e. The van der Waals surface area contributed by atoms with Gasteiger partial charge < -0.3 is 5.32 Å². The van der Waals surface area contributed by atoms with Crippen LogP contribution in [0.15, 0.2) is 23.6 Å². The molecule has 0 aliphatic heterocycles. The summed E-state index contributed by atoms with van der Waals surface area (Å²) in [6, 6.07) is 1.07. The first-order valence-electron chi connectivity index (χ1n) is 9.36. The number of hydrogen-bond acceptors (Lipinski definition) is 2. The lowest BCUT2D eigenvalue weighted by atomic mass is 9.72. The molecule has 0 saturated heterocycles. The van der Waals surface area contributed by atoms with Crippen LogP contribution in [0.2, 0.25) is 0 Å². The Morgan fingerprint density at radius 2 is 1.57 bits per heavy atom. The molecule has 1 heterocycles. The first-order valence-corrected chi connectivity index (χ1v) is 10.2. The molecular formula is C21H21F6NOS. The average Bonchev–Trinajstić information content (AvgIpc) is 3.02. The maximum Gasteiger partial charge on any atom is 0.416 e. The van der Waals surface area contributed by atoms with Crippen molar-refractivity contribution in [1.82, 2.24) is 0 Å². The Kier molecular flexibility index (Phi) is 5.73. The molecule has 1 aliphatic carbocycles. The van der Waals surface area contributed by atoms with Gasteiger partial charge in [-0.2, -0.15) is 26.3 Å². The molecular weight excluding hydrogens is 428 g/mol. The highest BCUT2D eigenvalue weighted by atomic mass is 32.1. The van der Waals surface area contributed by atoms with Gasteiger partial charge in [0.05, 0.1) is 16.7 Å². The number of hydrogen-bond donors (Lipinski definition) is 1. The molecule has 2 nitrogen and oxygen atoms in total. The summed E-state index contributed by atoms with van der Waals surface area (Å²) in [5.74, 6) is -0.258. The maximum absolute atomic E-state index is 13.0. The van der Waals surface area contributed by atoms with Crippen molar-refractivity contribution < 1.29 is 31.1 Å². The molecule has 0 bridgehead atoms. The van der Waals surface area contributed by atoms with Crippen LogP contribution in [0.5, 0.6) is 0 Å². The number of thiophene rings is 1. The van der Waals surface area contributed by atoms with E-state index in [0.717, 1.165) is 23.3 Å². The van der Waals surface area contributed by atoms with E-state index in [-0.39, 0.29) is 11.5 Å². The van der Waals surface area contributed by atoms with Crippen LogP contribution >= 0.6 is 11.3 Å². The number of alkyl halides is 6. The van der Waals surface area contributed by atoms with Gasteiger partial charge in [0.15, 0.2) is 0 Å². The Morgan fingerprint density at radius 1 is 1.00 bits per heavy atom. The normalized spacial score (nSPS) is 17.6. The molecule has 2 aromatic rings. The van der Waals surface area contributed by atoms with Crippen LogP contribution in [0.4, 0.5) is 32.0 Å². The SMILES string of the molecule is CC(C)(C)C1CCc2c(C(=O)Nc3cc(C(F)(F)F)cc(C(F)(F)F)c3)csc2C1. The molecule has 1 aromatic carbocycles. The first-order chi connectivity index (χ1) is 13.7. The fourth-order valence-electron chi connectivity index (χ4n) is 3.67. The molecule has 1 N–H and O–H groups in total. The van der Waals surface area contributed by atoms with E-state index in [1.807, 2.05) is 0 Å². The third kappa shape index (κ3) is 4.82. The zero-order valence-electron chi connectivity index (χ0n) is 16.6. The van der Waals surface area contributed by atoms with E-state index in [2.05, 4.69) is 26.1 Å². The fraction of sp³-hybridized carbons (Fsp3) is 0.476. The summed E-state index contributed by atoms with van der Waals surface area (Å²) in [6.07, 6.45) is -7.61. The van der Waals surface area contributed by atoms with Crippen LogP contribution in [-0.2, 0) is 25.2 Å². The molecule has 3 rings (SSSR count). The highest BCUT2D eigenvalue weighted by molar-refractivity contribution is 7.10. The smallest absolute Gasteiger partial charge is 0.322 e. The molecule has 30 heavy (non-hydrogen) atoms. The number of fused-ring (bicyclic) bond motifs is 1. The van der Waals surface area contributed by atoms with Crippen LogP contribution in [0.1, 0.15) is 59.1 Å². The molecule has 1 amide bonds. The molecule has 0 fully saturated rings. The van der Waals surface area contributed by atoms with Crippen molar-refractivity contribution in [3.8, 4) is 0 Å². The van der Waals surface area contributed by atoms with Gasteiger partial charge in [-0.25, -0.2) is 0 Å². The molecule has 1 aliphatic rings. The molecule has 1 atom stereocenters. The Balaban J connectivity index is 1.88. The van der Waals surface area contributed by atoms with Gasteiger partial charge in [0.2, 0.25) is 0 Å². The predicted molar refractivity (Wildman–Crippen MR) is 104 cm³/mol. The third-order valence-corrected chi connectivity index (χ3v) is 6.52. The van der Waals surface area contributed by atoms with E-state index in [9.17, 15) is 31.1 Å². The zero-order chi connectivity index (χ0) is 22.5. The Hall–Kier alpha value is -2.03. The quantitative estimate of drug-likeness (QED) is 0.483. The van der Waals surface area contributed by atoms with Gasteiger partial charge in [0.25, 0.3) is 5.91 Å². The third-order valence-electron chi connectivity index (χ3n) is 5.47. The first kappa shape index (κ1) is 22.7. The molecule has 1 unspecified atom stereocenters. The summed E-state index contributed by atoms with van der Waals surface area (Å²) in [7, 11) is 0. The summed E-state index contributed by atoms with van der Waals surface area (Å²) < 4.78 is 78.2. The number of rotatable bonds is 2. The molecule has 9 heteroatoms. The number of carbonyl (C=O) groups excluding carboxylic acids is 1. The minimum Gasteiger partial charge on any atom is -0.322 e. The highest BCUT2D eigenvalue weighted by Crippen LogP contribution is 2.41. The Bertz CT molecular complexity index is 920. The second-order valence-corrected chi connectivity index (χ2v) is 9.57. The average molecular weight is 449 g/mol. The van der Waals surface area contributed by atoms with E-state index < -0.39 is 35.1 Å². The number of amides is 1. The molecule has 0 radical (unpaired) electrons. The predicted octanol–water partition coefficient (Wildman–Crippen LogP) is 7.19. The number of benzene rings is 1. The molecule has 164 valence electrons. The van der Waals surface area contributed by atoms with Crippen molar-refractivity contribution in [3.05, 3.63) is 50.7 Å². The van der Waals surface area contributed by atoms with Crippen LogP contribution < -0.4 is 5.32 Å². The lowest BCUT2D eigenvalue weighted by Crippen LogP contribution is -2.27. The lowest BCUT2D eigenvalue weighted by Gasteiger charge is -2.34. The number of anilines is 1. The number of carbonyl (C=O) groups is 1. The van der Waals surface area contributed by atoms with Gasteiger partial charge >= 0.3 is 12.4 Å². The number of halogens is 6. The van der Waals surface area contributed by atoms with Crippen LogP contribution in [0, 0.1) is 11.3 Å². The van der Waals surface area contributed by atoms with Crippen molar-refractivity contribution in [1.29, 1.82) is 0 Å². The monoisotopic (exact) mass is 449 g/mol. The summed E-state index contributed by atoms with van der Waals surface area (Å²) in [4.78, 5) is 13.7. The second-order valence-electron chi connectivity index (χ2n) is 8.61. The maximum atomic E-state index is 13.0. The van der Waals surface area contributed by atoms with Crippen molar-refractivity contribution in [2.75, 3.05) is 5.32 Å². The van der Waals surface area contributed by atoms with Crippen molar-refractivity contribution >= 4 is 22.9 Å². The van der Waals surface area contributed by atoms with E-state index in [1.165, 1.54) is 11.3 Å². The van der Waals surface area contributed by atoms with Gasteiger partial charge in [-0.15, -0.1) is 11.3 Å². The Morgan fingerprint density at radius 3 is 2.07 bits per heavy atom. The molecule has 1 aromatic heterocycles. The van der Waals surface area contributed by atoms with Gasteiger partial charge in [-0.05, 0) is 54.4 Å². The van der Waals surface area contributed by atoms with Crippen molar-refractivity contribution in [2.24, 2.45) is 11.3 Å². The van der Waals surface area contributed by atoms with Gasteiger partial charge in [-0.1, -0.05) is 20.8 Å². The second kappa shape index (κ2) is 7.59. The van der Waals surface area contributed by atoms with Crippen LogP contribution in [0.3, 0.4) is 0 Å². The topological polar surface area (TPSA) is 29.1 Å². The summed E-state index contributed by atoms with van der Waals surface area (Å²) in [5, 5.41) is 3.86. The van der Waals surface area contributed by atoms with E-state index in [1.54, 1.807) is 5.38 Å². The van der Waals surface area contributed by atoms with Gasteiger partial charge in [-0.3, -0.25) is 4.79 Å². The standard InChI is InChI=1S/C21H21F6NOS/c1-19(2,3)11-4-5-15-16(10-30-17(15)9-11)18(29)28-14-7-12(20(22,23)24)6-13(8-14)21(25,26)27/h6-8,10-11H,4-5,9H2,1-3H3,(H,28,29). The summed E-state index contributed by atoms with van der Waals surface area (Å²) >= 11 is 1.40. The minimum absolute atomic E-state index is 0.0365. The highest BCUT2D eigenvalue weighted by Gasteiger charge is 2.37. The van der Waals surface area contributed by atoms with Crippen molar-refractivity contribution in [2.45, 2.75) is 52.4 Å². The molecule has 0 saturated carbocycles. The Labute approximate surface area is 174 Å². The lowest BCUT2D eigenvalue weighted by molar-refractivity contribution is -0.143. The van der Waals surface area contributed by atoms with Gasteiger partial charge in [0, 0.05) is 15.9 Å². The molecule has 0 spiro atoms. The van der Waals surface area contributed by atoms with Crippen LogP contribution in [-0.4, -0.2) is 5.91 Å². The van der Waals surface area contributed by atoms with Gasteiger partial charge in [0.1, 0.15) is 0 Å². The van der Waals surface area contributed by atoms with Crippen LogP contribution in [0.25, 0.3) is 0 Å². The fourth-order valence-corrected chi connectivity index (χ4v) is 4.83. The summed E-state index contributed by atoms with van der Waals surface area (Å²) in [5.41, 5.74) is -2.21.